The third-order valence-electron chi connectivity index (χ3n) is 13.4. The SMILES string of the molecule is CC[C@H]1C[C@H](C)[C@@]2(NC1=O)O[C@@H](C[C@H](O)[C@@H](C)CC/C=C/C=C(\C)[C@H](C/C=C/C=C/[C@H](O)[C@H](C)[C@H]1OC(C)(C)CC[C@H]1C(C)(C)C)C(C)C)[C@H](C)C=C2C. The molecule has 3 aliphatic heterocycles. The van der Waals surface area contributed by atoms with E-state index in [1.165, 1.54) is 5.57 Å². The van der Waals surface area contributed by atoms with Crippen molar-refractivity contribution in [3.63, 3.8) is 0 Å². The third-order valence-corrected chi connectivity index (χ3v) is 13.4. The normalized spacial score (nSPS) is 32.6. The van der Waals surface area contributed by atoms with Gasteiger partial charge in [-0.2, -0.15) is 0 Å². The van der Waals surface area contributed by atoms with Gasteiger partial charge in [0.2, 0.25) is 5.91 Å². The molecular formula is C48H81NO5. The maximum atomic E-state index is 12.9. The number of rotatable bonds is 16. The van der Waals surface area contributed by atoms with Crippen LogP contribution < -0.4 is 5.32 Å². The number of hydrogen-bond acceptors (Lipinski definition) is 5. The quantitative estimate of drug-likeness (QED) is 0.108. The molecule has 2 saturated heterocycles. The summed E-state index contributed by atoms with van der Waals surface area (Å²) in [6, 6.07) is 0. The summed E-state index contributed by atoms with van der Waals surface area (Å²) in [5, 5.41) is 25.6. The van der Waals surface area contributed by atoms with Crippen LogP contribution in [0.25, 0.3) is 0 Å². The minimum absolute atomic E-state index is 0.0126. The van der Waals surface area contributed by atoms with E-state index in [1.807, 2.05) is 12.2 Å². The van der Waals surface area contributed by atoms with Gasteiger partial charge in [-0.3, -0.25) is 4.79 Å². The Hall–Kier alpha value is -1.99. The van der Waals surface area contributed by atoms with Crippen LogP contribution in [0.4, 0.5) is 0 Å². The molecule has 3 N–H and O–H groups in total. The summed E-state index contributed by atoms with van der Waals surface area (Å²) < 4.78 is 13.3. The number of nitrogens with one attached hydrogen (secondary N) is 1. The lowest BCUT2D eigenvalue weighted by Gasteiger charge is -2.51. The van der Waals surface area contributed by atoms with Crippen LogP contribution in [0.3, 0.4) is 0 Å². The highest BCUT2D eigenvalue weighted by Gasteiger charge is 2.51. The van der Waals surface area contributed by atoms with Crippen molar-refractivity contribution in [1.29, 1.82) is 0 Å². The van der Waals surface area contributed by atoms with E-state index in [0.717, 1.165) is 50.5 Å². The first-order valence-corrected chi connectivity index (χ1v) is 21.5. The predicted molar refractivity (Wildman–Crippen MR) is 226 cm³/mol. The molecule has 3 aliphatic rings. The van der Waals surface area contributed by atoms with Crippen molar-refractivity contribution in [3.8, 4) is 0 Å². The highest BCUT2D eigenvalue weighted by molar-refractivity contribution is 5.81. The van der Waals surface area contributed by atoms with Gasteiger partial charge in [-0.15, -0.1) is 0 Å². The second-order valence-electron chi connectivity index (χ2n) is 19.6. The van der Waals surface area contributed by atoms with E-state index in [1.54, 1.807) is 0 Å². The zero-order chi connectivity index (χ0) is 40.6. The molecule has 1 spiro atoms. The average Bonchev–Trinajstić information content (AvgIpc) is 3.08. The first kappa shape index (κ1) is 46.4. The van der Waals surface area contributed by atoms with Gasteiger partial charge >= 0.3 is 0 Å². The van der Waals surface area contributed by atoms with E-state index in [4.69, 9.17) is 9.47 Å². The molecule has 1 amide bonds. The highest BCUT2D eigenvalue weighted by atomic mass is 16.5. The van der Waals surface area contributed by atoms with Crippen molar-refractivity contribution < 1.29 is 24.5 Å². The van der Waals surface area contributed by atoms with Crippen molar-refractivity contribution in [2.24, 2.45) is 52.8 Å². The molecule has 0 unspecified atom stereocenters. The number of ether oxygens (including phenoxy) is 2. The zero-order valence-electron chi connectivity index (χ0n) is 36.8. The summed E-state index contributed by atoms with van der Waals surface area (Å²) in [5.41, 5.74) is 1.64. The molecule has 0 radical (unpaired) electrons. The monoisotopic (exact) mass is 752 g/mol. The Balaban J connectivity index is 1.49. The standard InChI is InChI=1S/C48H81NO5/c1-15-38-29-36(8)48(49-45(38)52)35(7)28-34(6)43(53-48)30-42(51)33(5)23-19-16-18-22-32(4)39(31(2)3)24-20-17-21-25-41(50)37(9)44-40(46(10,11)12)26-27-47(13,14)54-44/h16-18,20-22,25,28,31,33-34,36-44,50-51H,15,19,23-24,26-27,29-30H2,1-14H3,(H,49,52)/b18-16+,20-17+,25-21+,32-22+/t33-,34+,36-,37-,38-,39+,40+,41-,42-,43-,44+,48-/m0/s1. The Morgan fingerprint density at radius 3 is 2.37 bits per heavy atom. The van der Waals surface area contributed by atoms with Crippen molar-refractivity contribution >= 4 is 5.91 Å². The lowest BCUT2D eigenvalue weighted by Crippen LogP contribution is -2.64. The number of allylic oxidation sites excluding steroid dienone is 7. The predicted octanol–water partition coefficient (Wildman–Crippen LogP) is 10.9. The molecule has 0 aromatic carbocycles. The molecule has 0 aliphatic carbocycles. The fourth-order valence-corrected chi connectivity index (χ4v) is 9.29. The van der Waals surface area contributed by atoms with Gasteiger partial charge in [-0.25, -0.2) is 0 Å². The van der Waals surface area contributed by atoms with Crippen molar-refractivity contribution in [3.05, 3.63) is 59.8 Å². The molecule has 0 bridgehead atoms. The molecule has 3 rings (SSSR count). The minimum Gasteiger partial charge on any atom is -0.393 e. The first-order valence-electron chi connectivity index (χ1n) is 21.5. The topological polar surface area (TPSA) is 88.0 Å². The minimum atomic E-state index is -0.768. The molecule has 6 heteroatoms. The number of carbonyl (C=O) groups is 1. The summed E-state index contributed by atoms with van der Waals surface area (Å²) in [7, 11) is 0. The molecule has 2 fully saturated rings. The Kier molecular flexibility index (Phi) is 17.1. The Bertz CT molecular complexity index is 1350. The number of carbonyl (C=O) groups excluding carboxylic acids is 1. The van der Waals surface area contributed by atoms with Gasteiger partial charge in [0, 0.05) is 30.1 Å². The Morgan fingerprint density at radius 1 is 1.06 bits per heavy atom. The van der Waals surface area contributed by atoms with Gasteiger partial charge in [-0.05, 0) is 107 Å². The van der Waals surface area contributed by atoms with Crippen LogP contribution in [0.15, 0.2) is 59.8 Å². The highest BCUT2D eigenvalue weighted by Crippen LogP contribution is 2.45. The van der Waals surface area contributed by atoms with Gasteiger partial charge in [0.1, 0.15) is 0 Å². The van der Waals surface area contributed by atoms with Crippen LogP contribution in [0.2, 0.25) is 0 Å². The largest absolute Gasteiger partial charge is 0.393 e. The average molecular weight is 752 g/mol. The molecular weight excluding hydrogens is 671 g/mol. The van der Waals surface area contributed by atoms with Gasteiger partial charge in [0.25, 0.3) is 0 Å². The molecule has 0 saturated carbocycles. The first-order chi connectivity index (χ1) is 25.1. The number of hydrogen-bond donors (Lipinski definition) is 3. The van der Waals surface area contributed by atoms with E-state index in [2.05, 4.69) is 139 Å². The van der Waals surface area contributed by atoms with Crippen molar-refractivity contribution in [1.82, 2.24) is 5.32 Å². The summed E-state index contributed by atoms with van der Waals surface area (Å²) in [6.07, 6.45) is 23.1. The number of aliphatic hydroxyl groups is 2. The Morgan fingerprint density at radius 2 is 1.74 bits per heavy atom. The van der Waals surface area contributed by atoms with Crippen molar-refractivity contribution in [2.75, 3.05) is 0 Å². The van der Waals surface area contributed by atoms with E-state index in [0.29, 0.717) is 24.2 Å². The maximum Gasteiger partial charge on any atom is 0.225 e. The summed E-state index contributed by atoms with van der Waals surface area (Å²) in [4.78, 5) is 12.9. The maximum absolute atomic E-state index is 12.9. The van der Waals surface area contributed by atoms with E-state index in [-0.39, 0.29) is 58.7 Å². The van der Waals surface area contributed by atoms with Crippen LogP contribution in [0.5, 0.6) is 0 Å². The molecule has 12 atom stereocenters. The van der Waals surface area contributed by atoms with Crippen LogP contribution in [0.1, 0.15) is 148 Å². The van der Waals surface area contributed by atoms with Crippen LogP contribution in [0, 0.1) is 52.8 Å². The fraction of sp³-hybridized carbons (Fsp3) is 0.771. The fourth-order valence-electron chi connectivity index (χ4n) is 9.29. The number of piperidine rings is 1. The lowest BCUT2D eigenvalue weighted by molar-refractivity contribution is -0.182. The lowest BCUT2D eigenvalue weighted by atomic mass is 9.68. The molecule has 0 aromatic rings. The number of amides is 1. The van der Waals surface area contributed by atoms with Gasteiger partial charge in [0.05, 0.1) is 30.0 Å². The van der Waals surface area contributed by atoms with Crippen molar-refractivity contribution in [2.45, 2.75) is 184 Å². The van der Waals surface area contributed by atoms with Crippen LogP contribution in [-0.4, -0.2) is 51.9 Å². The molecule has 6 nitrogen and oxygen atoms in total. The third kappa shape index (κ3) is 12.3. The van der Waals surface area contributed by atoms with Gasteiger partial charge in [-0.1, -0.05) is 123 Å². The summed E-state index contributed by atoms with van der Waals surface area (Å²) >= 11 is 0. The molecule has 54 heavy (non-hydrogen) atoms. The number of aliphatic hydroxyl groups excluding tert-OH is 2. The van der Waals surface area contributed by atoms with E-state index < -0.39 is 17.9 Å². The van der Waals surface area contributed by atoms with Gasteiger partial charge < -0.3 is 25.0 Å². The molecule has 308 valence electrons. The van der Waals surface area contributed by atoms with E-state index in [9.17, 15) is 15.0 Å². The molecule has 0 aromatic heterocycles. The summed E-state index contributed by atoms with van der Waals surface area (Å²) in [6.45, 7) is 30.7. The van der Waals surface area contributed by atoms with Crippen LogP contribution >= 0.6 is 0 Å². The second kappa shape index (κ2) is 19.9. The summed E-state index contributed by atoms with van der Waals surface area (Å²) in [5.74, 6) is 1.95. The smallest absolute Gasteiger partial charge is 0.225 e. The van der Waals surface area contributed by atoms with Crippen LogP contribution in [-0.2, 0) is 14.3 Å². The van der Waals surface area contributed by atoms with E-state index >= 15 is 0 Å². The Labute approximate surface area is 331 Å². The zero-order valence-corrected chi connectivity index (χ0v) is 36.8. The molecule has 3 heterocycles. The van der Waals surface area contributed by atoms with Gasteiger partial charge in [0.15, 0.2) is 5.72 Å². The second-order valence-corrected chi connectivity index (χ2v) is 19.6.